The zero-order chi connectivity index (χ0) is 19.9. The van der Waals surface area contributed by atoms with E-state index in [4.69, 9.17) is 4.98 Å². The van der Waals surface area contributed by atoms with Crippen molar-refractivity contribution in [2.24, 2.45) is 7.05 Å². The molecule has 27 heavy (non-hydrogen) atoms. The summed E-state index contributed by atoms with van der Waals surface area (Å²) in [6.45, 7) is 9.13. The van der Waals surface area contributed by atoms with Gasteiger partial charge < -0.3 is 4.90 Å². The summed E-state index contributed by atoms with van der Waals surface area (Å²) in [6.07, 6.45) is 1.63. The average molecular weight is 391 g/mol. The first-order valence-electron chi connectivity index (χ1n) is 9.02. The van der Waals surface area contributed by atoms with Crippen LogP contribution in [-0.4, -0.2) is 43.6 Å². The van der Waals surface area contributed by atoms with E-state index in [1.807, 2.05) is 0 Å². The average Bonchev–Trinajstić information content (AvgIpc) is 3.18. The number of amides is 1. The van der Waals surface area contributed by atoms with Crippen molar-refractivity contribution in [1.82, 2.24) is 19.7 Å². The van der Waals surface area contributed by atoms with E-state index in [0.29, 0.717) is 19.0 Å². The summed E-state index contributed by atoms with van der Waals surface area (Å²) in [5, 5.41) is 18.6. The van der Waals surface area contributed by atoms with Gasteiger partial charge in [-0.3, -0.25) is 19.6 Å². The van der Waals surface area contributed by atoms with Crippen molar-refractivity contribution in [2.75, 3.05) is 13.1 Å². The maximum Gasteiger partial charge on any atom is 0.322 e. The summed E-state index contributed by atoms with van der Waals surface area (Å²) in [6, 6.07) is 0. The molecular weight excluding hydrogens is 366 g/mol. The van der Waals surface area contributed by atoms with Gasteiger partial charge in [0.15, 0.2) is 0 Å². The molecule has 0 aromatic carbocycles. The van der Waals surface area contributed by atoms with E-state index in [1.165, 1.54) is 4.68 Å². The summed E-state index contributed by atoms with van der Waals surface area (Å²) in [7, 11) is 1.57. The first-order valence-corrected chi connectivity index (χ1v) is 9.90. The Morgan fingerprint density at radius 3 is 2.48 bits per heavy atom. The molecule has 0 spiro atoms. The van der Waals surface area contributed by atoms with Crippen LogP contribution in [-0.2, 0) is 12.5 Å². The molecule has 1 aliphatic rings. The lowest BCUT2D eigenvalue weighted by Crippen LogP contribution is -2.39. The predicted molar refractivity (Wildman–Crippen MR) is 103 cm³/mol. The standard InChI is InChI=1S/C18H25N5O3S/c1-11-14(23(25)26)15(21(5)20-11)17(24)22-8-6-12(7-9-22)16-19-13(10-27-16)18(2,3)4/h10,12H,6-9H2,1-5H3. The number of hydrogen-bond donors (Lipinski definition) is 0. The Labute approximate surface area is 162 Å². The molecule has 0 radical (unpaired) electrons. The van der Waals surface area contributed by atoms with Crippen molar-refractivity contribution in [1.29, 1.82) is 0 Å². The zero-order valence-electron chi connectivity index (χ0n) is 16.4. The van der Waals surface area contributed by atoms with E-state index in [1.54, 1.807) is 30.2 Å². The number of nitro groups is 1. The fourth-order valence-electron chi connectivity index (χ4n) is 3.40. The van der Waals surface area contributed by atoms with Crippen LogP contribution in [0.4, 0.5) is 5.69 Å². The van der Waals surface area contributed by atoms with E-state index < -0.39 is 4.92 Å². The van der Waals surface area contributed by atoms with Gasteiger partial charge in [0, 0.05) is 36.9 Å². The van der Waals surface area contributed by atoms with Gasteiger partial charge in [0.1, 0.15) is 5.69 Å². The molecule has 2 aromatic rings. The summed E-state index contributed by atoms with van der Waals surface area (Å²) in [4.78, 5) is 30.2. The number of nitrogens with zero attached hydrogens (tertiary/aromatic N) is 5. The van der Waals surface area contributed by atoms with Crippen LogP contribution in [0, 0.1) is 17.0 Å². The molecule has 1 saturated heterocycles. The molecule has 9 heteroatoms. The molecule has 8 nitrogen and oxygen atoms in total. The predicted octanol–water partition coefficient (Wildman–Crippen LogP) is 3.41. The Balaban J connectivity index is 1.72. The SMILES string of the molecule is Cc1nn(C)c(C(=O)N2CCC(c3nc(C(C)(C)C)cs3)CC2)c1[N+](=O)[O-]. The van der Waals surface area contributed by atoms with Crippen LogP contribution in [0.25, 0.3) is 0 Å². The van der Waals surface area contributed by atoms with Crippen molar-refractivity contribution in [3.8, 4) is 0 Å². The molecule has 0 saturated carbocycles. The Morgan fingerprint density at radius 1 is 1.33 bits per heavy atom. The molecule has 0 bridgehead atoms. The maximum absolute atomic E-state index is 12.9. The fourth-order valence-corrected chi connectivity index (χ4v) is 4.62. The van der Waals surface area contributed by atoms with Gasteiger partial charge in [-0.25, -0.2) is 4.98 Å². The lowest BCUT2D eigenvalue weighted by molar-refractivity contribution is -0.385. The Kier molecular flexibility index (Phi) is 5.07. The van der Waals surface area contributed by atoms with E-state index in [0.717, 1.165) is 23.5 Å². The number of piperidine rings is 1. The normalized spacial score (nSPS) is 16.0. The third-order valence-electron chi connectivity index (χ3n) is 5.00. The zero-order valence-corrected chi connectivity index (χ0v) is 17.2. The maximum atomic E-state index is 12.9. The molecule has 3 rings (SSSR count). The molecule has 1 amide bonds. The van der Waals surface area contributed by atoms with Crippen LogP contribution in [0.15, 0.2) is 5.38 Å². The molecule has 1 aliphatic heterocycles. The van der Waals surface area contributed by atoms with Gasteiger partial charge in [-0.2, -0.15) is 5.10 Å². The smallest absolute Gasteiger partial charge is 0.322 e. The highest BCUT2D eigenvalue weighted by molar-refractivity contribution is 7.09. The Morgan fingerprint density at radius 2 is 1.96 bits per heavy atom. The first kappa shape index (κ1) is 19.5. The summed E-state index contributed by atoms with van der Waals surface area (Å²) < 4.78 is 1.32. The van der Waals surface area contributed by atoms with Gasteiger partial charge in [-0.15, -0.1) is 11.3 Å². The van der Waals surface area contributed by atoms with Crippen molar-refractivity contribution in [3.05, 3.63) is 37.6 Å². The number of carbonyl (C=O) groups is 1. The third kappa shape index (κ3) is 3.73. The number of aryl methyl sites for hydroxylation is 2. The second-order valence-corrected chi connectivity index (χ2v) is 8.94. The topological polar surface area (TPSA) is 94.2 Å². The summed E-state index contributed by atoms with van der Waals surface area (Å²) in [5.41, 5.74) is 1.25. The Bertz CT molecular complexity index is 872. The second kappa shape index (κ2) is 7.03. The molecule has 1 fully saturated rings. The number of thiazole rings is 1. The van der Waals surface area contributed by atoms with Crippen molar-refractivity contribution in [3.63, 3.8) is 0 Å². The highest BCUT2D eigenvalue weighted by Crippen LogP contribution is 2.34. The number of aromatic nitrogens is 3. The van der Waals surface area contributed by atoms with Gasteiger partial charge >= 0.3 is 5.69 Å². The van der Waals surface area contributed by atoms with E-state index in [-0.39, 0.29) is 28.4 Å². The quantitative estimate of drug-likeness (QED) is 0.590. The van der Waals surface area contributed by atoms with Crippen LogP contribution in [0.1, 0.15) is 66.4 Å². The summed E-state index contributed by atoms with van der Waals surface area (Å²) in [5.74, 6) is 0.0104. The van der Waals surface area contributed by atoms with Crippen LogP contribution in [0.2, 0.25) is 0 Å². The number of carbonyl (C=O) groups excluding carboxylic acids is 1. The Hall–Kier alpha value is -2.29. The van der Waals surface area contributed by atoms with Gasteiger partial charge in [0.2, 0.25) is 5.69 Å². The highest BCUT2D eigenvalue weighted by Gasteiger charge is 2.34. The number of rotatable bonds is 3. The van der Waals surface area contributed by atoms with Gasteiger partial charge in [-0.05, 0) is 19.8 Å². The van der Waals surface area contributed by atoms with E-state index in [9.17, 15) is 14.9 Å². The van der Waals surface area contributed by atoms with Crippen molar-refractivity contribution < 1.29 is 9.72 Å². The van der Waals surface area contributed by atoms with Crippen molar-refractivity contribution >= 4 is 22.9 Å². The van der Waals surface area contributed by atoms with Crippen LogP contribution in [0.5, 0.6) is 0 Å². The van der Waals surface area contributed by atoms with E-state index >= 15 is 0 Å². The second-order valence-electron chi connectivity index (χ2n) is 8.05. The molecule has 0 N–H and O–H groups in total. The summed E-state index contributed by atoms with van der Waals surface area (Å²) >= 11 is 1.68. The number of hydrogen-bond acceptors (Lipinski definition) is 6. The molecule has 2 aromatic heterocycles. The van der Waals surface area contributed by atoms with Crippen LogP contribution >= 0.6 is 11.3 Å². The van der Waals surface area contributed by atoms with E-state index in [2.05, 4.69) is 31.2 Å². The molecule has 0 atom stereocenters. The lowest BCUT2D eigenvalue weighted by atomic mass is 9.93. The first-order chi connectivity index (χ1) is 12.6. The molecule has 146 valence electrons. The minimum absolute atomic E-state index is 0.0295. The minimum Gasteiger partial charge on any atom is -0.337 e. The van der Waals surface area contributed by atoms with Gasteiger partial charge in [0.05, 0.1) is 15.6 Å². The largest absolute Gasteiger partial charge is 0.337 e. The van der Waals surface area contributed by atoms with Gasteiger partial charge in [-0.1, -0.05) is 20.8 Å². The van der Waals surface area contributed by atoms with Crippen molar-refractivity contribution in [2.45, 2.75) is 51.9 Å². The molecule has 3 heterocycles. The third-order valence-corrected chi connectivity index (χ3v) is 6.00. The fraction of sp³-hybridized carbons (Fsp3) is 0.611. The lowest BCUT2D eigenvalue weighted by Gasteiger charge is -2.31. The van der Waals surface area contributed by atoms with Crippen LogP contribution in [0.3, 0.4) is 0 Å². The molecule has 0 aliphatic carbocycles. The number of likely N-dealkylation sites (tertiary alicyclic amines) is 1. The van der Waals surface area contributed by atoms with Crippen LogP contribution < -0.4 is 0 Å². The highest BCUT2D eigenvalue weighted by atomic mass is 32.1. The monoisotopic (exact) mass is 391 g/mol. The minimum atomic E-state index is -0.522. The molecular formula is C18H25N5O3S. The molecule has 0 unspecified atom stereocenters. The van der Waals surface area contributed by atoms with Gasteiger partial charge in [0.25, 0.3) is 5.91 Å².